The zero-order valence-electron chi connectivity index (χ0n) is 11.1. The predicted octanol–water partition coefficient (Wildman–Crippen LogP) is 3.03. The second kappa shape index (κ2) is 7.74. The van der Waals surface area contributed by atoms with E-state index in [1.165, 1.54) is 6.92 Å². The van der Waals surface area contributed by atoms with Gasteiger partial charge < -0.3 is 15.4 Å². The molecule has 0 saturated heterocycles. The maximum atomic E-state index is 11.8. The Kier molecular flexibility index (Phi) is 6.30. The Labute approximate surface area is 115 Å². The molecule has 2 N–H and O–H groups in total. The third-order valence-electron chi connectivity index (χ3n) is 2.24. The number of carbonyl (C=O) groups is 1. The third-order valence-corrected chi connectivity index (χ3v) is 2.24. The van der Waals surface area contributed by atoms with Crippen molar-refractivity contribution < 1.29 is 22.7 Å². The number of benzene rings is 1. The summed E-state index contributed by atoms with van der Waals surface area (Å²) < 4.78 is 39.9. The standard InChI is InChI=1S/C13H17F3N2O2/c1-10(19)18-12-5-2-4-11(8-12)17-6-3-7-20-9-13(14,15)16/h2,4-5,8,17H,3,6-7,9H2,1H3,(H,18,19). The first-order valence-corrected chi connectivity index (χ1v) is 6.13. The normalized spacial score (nSPS) is 11.2. The summed E-state index contributed by atoms with van der Waals surface area (Å²) in [6, 6.07) is 7.08. The van der Waals surface area contributed by atoms with E-state index in [1.807, 2.05) is 6.07 Å². The van der Waals surface area contributed by atoms with E-state index < -0.39 is 12.8 Å². The molecule has 0 aliphatic carbocycles. The fourth-order valence-corrected chi connectivity index (χ4v) is 1.51. The molecule has 112 valence electrons. The molecule has 0 bridgehead atoms. The van der Waals surface area contributed by atoms with Crippen LogP contribution in [0.4, 0.5) is 24.5 Å². The summed E-state index contributed by atoms with van der Waals surface area (Å²) in [5.74, 6) is -0.164. The number of alkyl halides is 3. The number of ether oxygens (including phenoxy) is 1. The average molecular weight is 290 g/mol. The molecule has 0 aliphatic rings. The van der Waals surface area contributed by atoms with Gasteiger partial charge >= 0.3 is 6.18 Å². The van der Waals surface area contributed by atoms with Crippen molar-refractivity contribution in [3.63, 3.8) is 0 Å². The monoisotopic (exact) mass is 290 g/mol. The van der Waals surface area contributed by atoms with Crippen LogP contribution in [0.15, 0.2) is 24.3 Å². The highest BCUT2D eigenvalue weighted by Gasteiger charge is 2.27. The van der Waals surface area contributed by atoms with Crippen LogP contribution in [0.25, 0.3) is 0 Å². The summed E-state index contributed by atoms with van der Waals surface area (Å²) in [5, 5.41) is 5.69. The molecule has 0 aliphatic heterocycles. The van der Waals surface area contributed by atoms with Crippen molar-refractivity contribution in [2.45, 2.75) is 19.5 Å². The Morgan fingerprint density at radius 3 is 2.65 bits per heavy atom. The smallest absolute Gasteiger partial charge is 0.385 e. The lowest BCUT2D eigenvalue weighted by Crippen LogP contribution is -2.18. The van der Waals surface area contributed by atoms with Gasteiger partial charge in [-0.1, -0.05) is 6.07 Å². The lowest BCUT2D eigenvalue weighted by Gasteiger charge is -2.10. The van der Waals surface area contributed by atoms with Gasteiger partial charge in [-0.05, 0) is 24.6 Å². The van der Waals surface area contributed by atoms with E-state index in [4.69, 9.17) is 0 Å². The SMILES string of the molecule is CC(=O)Nc1cccc(NCCCOCC(F)(F)F)c1. The molecule has 4 nitrogen and oxygen atoms in total. The van der Waals surface area contributed by atoms with Gasteiger partial charge in [0.2, 0.25) is 5.91 Å². The molecule has 0 radical (unpaired) electrons. The molecule has 0 spiro atoms. The van der Waals surface area contributed by atoms with Crippen LogP contribution in [0, 0.1) is 0 Å². The van der Waals surface area contributed by atoms with Crippen molar-refractivity contribution in [3.05, 3.63) is 24.3 Å². The molecule has 0 heterocycles. The van der Waals surface area contributed by atoms with E-state index in [9.17, 15) is 18.0 Å². The van der Waals surface area contributed by atoms with Gasteiger partial charge in [-0.25, -0.2) is 0 Å². The highest BCUT2D eigenvalue weighted by molar-refractivity contribution is 5.89. The highest BCUT2D eigenvalue weighted by Crippen LogP contribution is 2.16. The largest absolute Gasteiger partial charge is 0.411 e. The molecule has 0 fully saturated rings. The first kappa shape index (κ1) is 16.3. The number of hydrogen-bond donors (Lipinski definition) is 2. The van der Waals surface area contributed by atoms with Crippen LogP contribution in [0.2, 0.25) is 0 Å². The minimum absolute atomic E-state index is 0.0396. The van der Waals surface area contributed by atoms with Crippen LogP contribution in [0.5, 0.6) is 0 Å². The van der Waals surface area contributed by atoms with Crippen LogP contribution < -0.4 is 10.6 Å². The van der Waals surface area contributed by atoms with Crippen LogP contribution >= 0.6 is 0 Å². The molecule has 0 aromatic heterocycles. The first-order valence-electron chi connectivity index (χ1n) is 6.13. The molecule has 1 aromatic rings. The number of anilines is 2. The van der Waals surface area contributed by atoms with E-state index in [1.54, 1.807) is 18.2 Å². The second-order valence-electron chi connectivity index (χ2n) is 4.21. The molecule has 0 saturated carbocycles. The zero-order valence-corrected chi connectivity index (χ0v) is 11.1. The van der Waals surface area contributed by atoms with Gasteiger partial charge in [-0.2, -0.15) is 13.2 Å². The molecule has 1 amide bonds. The van der Waals surface area contributed by atoms with Crippen molar-refractivity contribution in [1.82, 2.24) is 0 Å². The summed E-state index contributed by atoms with van der Waals surface area (Å²) in [4.78, 5) is 10.9. The van der Waals surface area contributed by atoms with Crippen LogP contribution in [0.3, 0.4) is 0 Å². The van der Waals surface area contributed by atoms with Gasteiger partial charge in [0.25, 0.3) is 0 Å². The quantitative estimate of drug-likeness (QED) is 0.759. The Morgan fingerprint density at radius 1 is 1.30 bits per heavy atom. The summed E-state index contributed by atoms with van der Waals surface area (Å²) in [7, 11) is 0. The van der Waals surface area contributed by atoms with Crippen molar-refractivity contribution in [2.75, 3.05) is 30.4 Å². The Hall–Kier alpha value is -1.76. The fourth-order valence-electron chi connectivity index (χ4n) is 1.51. The number of nitrogens with one attached hydrogen (secondary N) is 2. The Bertz CT molecular complexity index is 436. The first-order chi connectivity index (χ1) is 9.37. The molecule has 20 heavy (non-hydrogen) atoms. The lowest BCUT2D eigenvalue weighted by atomic mass is 10.2. The van der Waals surface area contributed by atoms with E-state index in [0.29, 0.717) is 18.7 Å². The molecule has 0 unspecified atom stereocenters. The summed E-state index contributed by atoms with van der Waals surface area (Å²) in [6.45, 7) is 0.725. The summed E-state index contributed by atoms with van der Waals surface area (Å²) in [6.07, 6.45) is -3.82. The second-order valence-corrected chi connectivity index (χ2v) is 4.21. The van der Waals surface area contributed by atoms with Gasteiger partial charge in [-0.3, -0.25) is 4.79 Å². The number of amides is 1. The summed E-state index contributed by atoms with van der Waals surface area (Å²) >= 11 is 0. The Morgan fingerprint density at radius 2 is 2.00 bits per heavy atom. The minimum atomic E-state index is -4.28. The fraction of sp³-hybridized carbons (Fsp3) is 0.462. The van der Waals surface area contributed by atoms with E-state index in [0.717, 1.165) is 5.69 Å². The van der Waals surface area contributed by atoms with Gasteiger partial charge in [0.15, 0.2) is 0 Å². The predicted molar refractivity (Wildman–Crippen MR) is 70.7 cm³/mol. The van der Waals surface area contributed by atoms with Crippen molar-refractivity contribution in [1.29, 1.82) is 0 Å². The molecule has 0 atom stereocenters. The topological polar surface area (TPSA) is 50.4 Å². The number of halogens is 3. The molecular formula is C13H17F3N2O2. The molecule has 1 rings (SSSR count). The maximum absolute atomic E-state index is 11.8. The van der Waals surface area contributed by atoms with Crippen LogP contribution in [-0.2, 0) is 9.53 Å². The van der Waals surface area contributed by atoms with Crippen molar-refractivity contribution in [3.8, 4) is 0 Å². The summed E-state index contributed by atoms with van der Waals surface area (Å²) in [5.41, 5.74) is 1.45. The molecular weight excluding hydrogens is 273 g/mol. The van der Waals surface area contributed by atoms with Crippen LogP contribution in [-0.4, -0.2) is 31.8 Å². The molecule has 1 aromatic carbocycles. The number of hydrogen-bond acceptors (Lipinski definition) is 3. The molecule has 7 heteroatoms. The Balaban J connectivity index is 2.23. The third kappa shape index (κ3) is 7.63. The zero-order chi connectivity index (χ0) is 15.0. The maximum Gasteiger partial charge on any atom is 0.411 e. The van der Waals surface area contributed by atoms with E-state index in [2.05, 4.69) is 15.4 Å². The average Bonchev–Trinajstić information content (AvgIpc) is 2.32. The lowest BCUT2D eigenvalue weighted by molar-refractivity contribution is -0.173. The van der Waals surface area contributed by atoms with Gasteiger partial charge in [0, 0.05) is 31.5 Å². The van der Waals surface area contributed by atoms with Gasteiger partial charge in [0.1, 0.15) is 6.61 Å². The van der Waals surface area contributed by atoms with Gasteiger partial charge in [0.05, 0.1) is 0 Å². The van der Waals surface area contributed by atoms with Crippen LogP contribution in [0.1, 0.15) is 13.3 Å². The van der Waals surface area contributed by atoms with E-state index in [-0.39, 0.29) is 12.5 Å². The van der Waals surface area contributed by atoms with E-state index >= 15 is 0 Å². The number of carbonyl (C=O) groups excluding carboxylic acids is 1. The highest BCUT2D eigenvalue weighted by atomic mass is 19.4. The van der Waals surface area contributed by atoms with Crippen molar-refractivity contribution in [2.24, 2.45) is 0 Å². The number of rotatable bonds is 7. The van der Waals surface area contributed by atoms with Gasteiger partial charge in [-0.15, -0.1) is 0 Å². The minimum Gasteiger partial charge on any atom is -0.385 e. The van der Waals surface area contributed by atoms with Crippen molar-refractivity contribution >= 4 is 17.3 Å².